The average molecular weight is 491 g/mol. The van der Waals surface area contributed by atoms with Crippen molar-refractivity contribution in [1.82, 2.24) is 9.88 Å². The minimum absolute atomic E-state index is 0.136. The molecule has 35 heavy (non-hydrogen) atoms. The van der Waals surface area contributed by atoms with Crippen LogP contribution in [0.25, 0.3) is 10.9 Å². The van der Waals surface area contributed by atoms with Crippen LogP contribution in [-0.2, 0) is 15.3 Å². The van der Waals surface area contributed by atoms with E-state index in [0.29, 0.717) is 11.8 Å². The van der Waals surface area contributed by atoms with Gasteiger partial charge in [0.1, 0.15) is 11.9 Å². The van der Waals surface area contributed by atoms with Crippen LogP contribution in [0.3, 0.4) is 0 Å². The minimum atomic E-state index is -1.61. The van der Waals surface area contributed by atoms with Crippen molar-refractivity contribution in [2.45, 2.75) is 50.7 Å². The van der Waals surface area contributed by atoms with Crippen LogP contribution in [-0.4, -0.2) is 40.3 Å². The molecule has 0 radical (unpaired) electrons. The zero-order chi connectivity index (χ0) is 24.7. The fourth-order valence-corrected chi connectivity index (χ4v) is 7.27. The highest BCUT2D eigenvalue weighted by atomic mass is 32.2. The molecule has 0 spiro atoms. The number of ether oxygens (including phenoxy) is 1. The van der Waals surface area contributed by atoms with E-state index in [2.05, 4.69) is 41.6 Å². The van der Waals surface area contributed by atoms with E-state index in [1.54, 1.807) is 7.11 Å². The van der Waals surface area contributed by atoms with Crippen molar-refractivity contribution in [3.8, 4) is 5.75 Å². The van der Waals surface area contributed by atoms with E-state index in [9.17, 15) is 4.21 Å². The van der Waals surface area contributed by atoms with Gasteiger partial charge in [-0.2, -0.15) is 0 Å². The largest absolute Gasteiger partial charge is 0.497 e. The number of hydrogen-bond acceptors (Lipinski definition) is 5. The Morgan fingerprint density at radius 1 is 1.17 bits per heavy atom. The maximum atomic E-state index is 13.8. The second-order valence-electron chi connectivity index (χ2n) is 10.0. The van der Waals surface area contributed by atoms with Crippen molar-refractivity contribution >= 4 is 22.0 Å². The smallest absolute Gasteiger partial charge is 0.190 e. The Hall–Kier alpha value is -2.54. The number of rotatable bonds is 7. The quantitative estimate of drug-likeness (QED) is 0.389. The van der Waals surface area contributed by atoms with Crippen LogP contribution >= 0.6 is 0 Å². The lowest BCUT2D eigenvalue weighted by Crippen LogP contribution is -2.55. The summed E-state index contributed by atoms with van der Waals surface area (Å²) in [6.07, 6.45) is 5.74. The molecule has 6 atom stereocenters. The number of fused-ring (bicyclic) bond motifs is 4. The van der Waals surface area contributed by atoms with Crippen molar-refractivity contribution in [3.63, 3.8) is 0 Å². The van der Waals surface area contributed by atoms with Crippen LogP contribution in [0.2, 0.25) is 0 Å². The maximum absolute atomic E-state index is 13.8. The van der Waals surface area contributed by atoms with E-state index in [4.69, 9.17) is 8.92 Å². The van der Waals surface area contributed by atoms with Crippen LogP contribution < -0.4 is 4.74 Å². The Morgan fingerprint density at radius 2 is 1.94 bits per heavy atom. The average Bonchev–Trinajstić information content (AvgIpc) is 2.86. The molecule has 0 amide bonds. The first-order valence-electron chi connectivity index (χ1n) is 12.4. The molecule has 0 N–H and O–H groups in total. The highest BCUT2D eigenvalue weighted by Crippen LogP contribution is 2.44. The summed E-state index contributed by atoms with van der Waals surface area (Å²) in [5, 5.41) is 0.981. The summed E-state index contributed by atoms with van der Waals surface area (Å²) in [5.74, 6) is 1.85. The third-order valence-corrected chi connectivity index (χ3v) is 9.11. The van der Waals surface area contributed by atoms with E-state index in [0.717, 1.165) is 63.3 Å². The molecule has 3 saturated heterocycles. The highest BCUT2D eigenvalue weighted by Gasteiger charge is 2.44. The van der Waals surface area contributed by atoms with E-state index in [1.807, 2.05) is 44.3 Å². The topological polar surface area (TPSA) is 51.7 Å². The molecule has 184 valence electrons. The first-order valence-corrected chi connectivity index (χ1v) is 13.4. The van der Waals surface area contributed by atoms with E-state index in [-0.39, 0.29) is 12.1 Å². The van der Waals surface area contributed by atoms with Gasteiger partial charge in [0.25, 0.3) is 0 Å². The van der Waals surface area contributed by atoms with Gasteiger partial charge in [-0.25, -0.2) is 4.21 Å². The number of hydrogen-bond donors (Lipinski definition) is 0. The third-order valence-electron chi connectivity index (χ3n) is 7.75. The van der Waals surface area contributed by atoms with E-state index in [1.165, 1.54) is 6.42 Å². The van der Waals surface area contributed by atoms with Gasteiger partial charge in [0.15, 0.2) is 11.1 Å². The van der Waals surface area contributed by atoms with Gasteiger partial charge in [0.05, 0.1) is 17.5 Å². The third kappa shape index (κ3) is 4.55. The van der Waals surface area contributed by atoms with Gasteiger partial charge in [-0.1, -0.05) is 23.8 Å². The first-order chi connectivity index (χ1) is 16.9. The highest BCUT2D eigenvalue weighted by molar-refractivity contribution is 7.80. The summed E-state index contributed by atoms with van der Waals surface area (Å²) in [4.78, 5) is 7.86. The Labute approximate surface area is 210 Å². The Kier molecular flexibility index (Phi) is 6.80. The number of pyridine rings is 1. The molecule has 0 aliphatic carbocycles. The lowest BCUT2D eigenvalue weighted by atomic mass is 9.73. The van der Waals surface area contributed by atoms with E-state index < -0.39 is 11.1 Å². The van der Waals surface area contributed by atoms with E-state index >= 15 is 0 Å². The molecule has 1 aromatic heterocycles. The number of nitrogens with zero attached hydrogens (tertiary/aromatic N) is 2. The molecule has 2 bridgehead atoms. The second kappa shape index (κ2) is 9.84. The second-order valence-corrected chi connectivity index (χ2v) is 11.1. The van der Waals surface area contributed by atoms with Gasteiger partial charge in [-0.05, 0) is 92.9 Å². The van der Waals surface area contributed by atoms with Crippen LogP contribution in [0.4, 0.5) is 0 Å². The monoisotopic (exact) mass is 490 g/mol. The molecular formula is C29H34N2O3S. The first kappa shape index (κ1) is 24.2. The number of aryl methyl sites for hydroxylation is 3. The summed E-state index contributed by atoms with van der Waals surface area (Å²) < 4.78 is 26.0. The lowest BCUT2D eigenvalue weighted by Gasteiger charge is -2.51. The molecule has 6 rings (SSSR count). The normalized spacial score (nSPS) is 25.4. The molecule has 6 heteroatoms. The molecule has 3 aromatic rings. The molecule has 3 aliphatic heterocycles. The SMILES string of the molecule is C=C[C@H]1CN2CC[C@H]1C[C@H]2[C@H](O[S@](=O)c1c(C)cc(C)cc1C)c1ccnc2ccc(OC)cc12. The van der Waals surface area contributed by atoms with Crippen LogP contribution in [0, 0.1) is 32.6 Å². The Morgan fingerprint density at radius 3 is 2.60 bits per heavy atom. The molecule has 4 heterocycles. The molecule has 3 fully saturated rings. The van der Waals surface area contributed by atoms with Crippen molar-refractivity contribution < 1.29 is 13.1 Å². The number of benzene rings is 2. The summed E-state index contributed by atoms with van der Waals surface area (Å²) in [7, 11) is 1.67. The van der Waals surface area contributed by atoms with Crippen molar-refractivity contribution in [2.24, 2.45) is 11.8 Å². The molecule has 1 unspecified atom stereocenters. The van der Waals surface area contributed by atoms with Crippen molar-refractivity contribution in [3.05, 3.63) is 77.5 Å². The number of methoxy groups -OCH3 is 1. The maximum Gasteiger partial charge on any atom is 0.190 e. The van der Waals surface area contributed by atoms with Gasteiger partial charge in [-0.3, -0.25) is 14.1 Å². The zero-order valence-electron chi connectivity index (χ0n) is 21.0. The number of piperidine rings is 3. The zero-order valence-corrected chi connectivity index (χ0v) is 21.8. The van der Waals surface area contributed by atoms with Crippen LogP contribution in [0.5, 0.6) is 5.75 Å². The van der Waals surface area contributed by atoms with Gasteiger partial charge in [0.2, 0.25) is 0 Å². The fourth-order valence-electron chi connectivity index (χ4n) is 6.11. The fraction of sp³-hybridized carbons (Fsp3) is 0.414. The minimum Gasteiger partial charge on any atom is -0.497 e. The summed E-state index contributed by atoms with van der Waals surface area (Å²) in [6.45, 7) is 12.2. The predicted octanol–water partition coefficient (Wildman–Crippen LogP) is 5.85. The summed E-state index contributed by atoms with van der Waals surface area (Å²) >= 11 is -1.61. The summed E-state index contributed by atoms with van der Waals surface area (Å²) in [6, 6.07) is 12.2. The predicted molar refractivity (Wildman–Crippen MR) is 141 cm³/mol. The number of aromatic nitrogens is 1. The molecule has 3 aliphatic rings. The van der Waals surface area contributed by atoms with Crippen LogP contribution in [0.15, 0.2) is 60.1 Å². The molecule has 0 saturated carbocycles. The van der Waals surface area contributed by atoms with Crippen molar-refractivity contribution in [2.75, 3.05) is 20.2 Å². The van der Waals surface area contributed by atoms with Gasteiger partial charge < -0.3 is 4.74 Å². The lowest BCUT2D eigenvalue weighted by molar-refractivity contribution is -0.0322. The van der Waals surface area contributed by atoms with Gasteiger partial charge >= 0.3 is 0 Å². The molecule has 5 nitrogen and oxygen atoms in total. The van der Waals surface area contributed by atoms with Gasteiger partial charge in [0, 0.05) is 24.2 Å². The van der Waals surface area contributed by atoms with Crippen LogP contribution in [0.1, 0.15) is 41.2 Å². The standard InChI is InChI=1S/C29H34N2O3S/c1-6-21-17-31-12-10-22(21)15-27(31)28(34-35(32)29-19(3)13-18(2)14-20(29)4)24-9-11-30-26-8-7-23(33-5)16-25(24)26/h6-9,11,13-14,16,21-22,27-28H,1,10,12,15,17H2,2-5H3/t21-,22-,27-,28+,35-/m0/s1. The van der Waals surface area contributed by atoms with Gasteiger partial charge in [-0.15, -0.1) is 6.58 Å². The van der Waals surface area contributed by atoms with Crippen molar-refractivity contribution in [1.29, 1.82) is 0 Å². The Balaban J connectivity index is 1.59. The molecular weight excluding hydrogens is 456 g/mol. The summed E-state index contributed by atoms with van der Waals surface area (Å²) in [5.41, 5.74) is 5.05. The molecule has 2 aromatic carbocycles. The Bertz CT molecular complexity index is 1270.